The molecule has 2 saturated heterocycles. The van der Waals surface area contributed by atoms with Gasteiger partial charge in [-0.2, -0.15) is 4.98 Å². The normalized spacial score (nSPS) is 21.0. The number of nitrogens with zero attached hydrogens (tertiary/aromatic N) is 5. The van der Waals surface area contributed by atoms with E-state index >= 15 is 0 Å². The van der Waals surface area contributed by atoms with Crippen LogP contribution in [0.1, 0.15) is 37.4 Å². The van der Waals surface area contributed by atoms with E-state index in [1.54, 1.807) is 0 Å². The van der Waals surface area contributed by atoms with Gasteiger partial charge in [0.2, 0.25) is 11.8 Å². The molecule has 3 rings (SSSR count). The van der Waals surface area contributed by atoms with Gasteiger partial charge >= 0.3 is 0 Å². The van der Waals surface area contributed by atoms with Crippen molar-refractivity contribution >= 4 is 5.91 Å². The Balaban J connectivity index is 1.40. The fraction of sp³-hybridized carbons (Fsp3) is 0.812. The second-order valence-electron chi connectivity index (χ2n) is 6.66. The van der Waals surface area contributed by atoms with Gasteiger partial charge in [0.05, 0.1) is 19.6 Å². The zero-order valence-corrected chi connectivity index (χ0v) is 14.3. The summed E-state index contributed by atoms with van der Waals surface area (Å²) in [5, 5.41) is 3.94. The quantitative estimate of drug-likeness (QED) is 0.812. The number of likely N-dealkylation sites (tertiary alicyclic amines) is 1. The van der Waals surface area contributed by atoms with Gasteiger partial charge in [-0.05, 0) is 12.8 Å². The molecule has 0 aliphatic carbocycles. The van der Waals surface area contributed by atoms with Crippen molar-refractivity contribution in [3.8, 4) is 0 Å². The molecule has 134 valence electrons. The number of carbonyl (C=O) groups is 1. The van der Waals surface area contributed by atoms with Gasteiger partial charge in [-0.1, -0.05) is 18.0 Å². The first-order chi connectivity index (χ1) is 11.7. The highest BCUT2D eigenvalue weighted by molar-refractivity contribution is 5.78. The van der Waals surface area contributed by atoms with Crippen LogP contribution in [-0.2, 0) is 17.9 Å². The Morgan fingerprint density at radius 3 is 2.29 bits per heavy atom. The lowest BCUT2D eigenvalue weighted by Crippen LogP contribution is -2.50. The lowest BCUT2D eigenvalue weighted by Gasteiger charge is -2.34. The SMILES string of the molecule is NCc1nc(CN2CCN(CC(=O)N3CCCCCC3)CC2)no1. The van der Waals surface area contributed by atoms with E-state index < -0.39 is 0 Å². The van der Waals surface area contributed by atoms with Crippen LogP contribution in [0.4, 0.5) is 0 Å². The standard InChI is InChI=1S/C16H28N6O2/c17-11-15-18-14(19-24-15)12-20-7-9-21(10-8-20)13-16(23)22-5-3-1-2-4-6-22/h1-13,17H2. The Labute approximate surface area is 142 Å². The molecule has 0 aromatic carbocycles. The first-order valence-corrected chi connectivity index (χ1v) is 8.98. The third kappa shape index (κ3) is 4.75. The van der Waals surface area contributed by atoms with Gasteiger partial charge in [0.15, 0.2) is 5.82 Å². The summed E-state index contributed by atoms with van der Waals surface area (Å²) in [5.41, 5.74) is 5.48. The number of nitrogens with two attached hydrogens (primary N) is 1. The average Bonchev–Trinajstić information content (AvgIpc) is 2.87. The van der Waals surface area contributed by atoms with Crippen molar-refractivity contribution in [2.75, 3.05) is 45.8 Å². The molecule has 0 spiro atoms. The van der Waals surface area contributed by atoms with Crippen molar-refractivity contribution in [3.05, 3.63) is 11.7 Å². The predicted octanol–water partition coefficient (Wildman–Crippen LogP) is 0.0485. The molecule has 0 unspecified atom stereocenters. The molecule has 2 aliphatic rings. The van der Waals surface area contributed by atoms with Gasteiger partial charge < -0.3 is 15.2 Å². The van der Waals surface area contributed by atoms with Crippen LogP contribution in [0.5, 0.6) is 0 Å². The van der Waals surface area contributed by atoms with Crippen LogP contribution >= 0.6 is 0 Å². The second kappa shape index (κ2) is 8.55. The van der Waals surface area contributed by atoms with Crippen LogP contribution < -0.4 is 5.73 Å². The van der Waals surface area contributed by atoms with Gasteiger partial charge in [0.25, 0.3) is 0 Å². The fourth-order valence-corrected chi connectivity index (χ4v) is 3.35. The van der Waals surface area contributed by atoms with Gasteiger partial charge in [0.1, 0.15) is 0 Å². The van der Waals surface area contributed by atoms with E-state index in [0.29, 0.717) is 24.8 Å². The summed E-state index contributed by atoms with van der Waals surface area (Å²) in [7, 11) is 0. The number of aromatic nitrogens is 2. The van der Waals surface area contributed by atoms with E-state index in [1.165, 1.54) is 12.8 Å². The van der Waals surface area contributed by atoms with Crippen molar-refractivity contribution in [3.63, 3.8) is 0 Å². The van der Waals surface area contributed by atoms with Crippen molar-refractivity contribution in [1.29, 1.82) is 0 Å². The summed E-state index contributed by atoms with van der Waals surface area (Å²) in [6.07, 6.45) is 4.80. The fourth-order valence-electron chi connectivity index (χ4n) is 3.35. The third-order valence-electron chi connectivity index (χ3n) is 4.83. The molecule has 0 saturated carbocycles. The van der Waals surface area contributed by atoms with E-state index in [-0.39, 0.29) is 12.5 Å². The highest BCUT2D eigenvalue weighted by Crippen LogP contribution is 2.11. The number of hydrogen-bond acceptors (Lipinski definition) is 7. The largest absolute Gasteiger partial charge is 0.342 e. The topological polar surface area (TPSA) is 91.7 Å². The lowest BCUT2D eigenvalue weighted by molar-refractivity contribution is -0.132. The van der Waals surface area contributed by atoms with Gasteiger partial charge in [0, 0.05) is 39.3 Å². The molecular weight excluding hydrogens is 308 g/mol. The van der Waals surface area contributed by atoms with Crippen molar-refractivity contribution in [2.45, 2.75) is 38.8 Å². The van der Waals surface area contributed by atoms with Crippen LogP contribution in [0, 0.1) is 0 Å². The summed E-state index contributed by atoms with van der Waals surface area (Å²) in [5.74, 6) is 1.45. The molecule has 0 atom stereocenters. The number of amides is 1. The molecule has 1 aromatic heterocycles. The lowest BCUT2D eigenvalue weighted by atomic mass is 10.2. The molecule has 1 amide bonds. The Kier molecular flexibility index (Phi) is 6.17. The van der Waals surface area contributed by atoms with Gasteiger partial charge in [-0.15, -0.1) is 0 Å². The third-order valence-corrected chi connectivity index (χ3v) is 4.83. The van der Waals surface area contributed by atoms with Crippen LogP contribution in [0.25, 0.3) is 0 Å². The Morgan fingerprint density at radius 2 is 1.67 bits per heavy atom. The number of rotatable bonds is 5. The molecule has 0 bridgehead atoms. The summed E-state index contributed by atoms with van der Waals surface area (Å²) >= 11 is 0. The zero-order valence-electron chi connectivity index (χ0n) is 14.3. The second-order valence-corrected chi connectivity index (χ2v) is 6.66. The van der Waals surface area contributed by atoms with Crippen molar-refractivity contribution in [2.24, 2.45) is 5.73 Å². The molecule has 8 nitrogen and oxygen atoms in total. The van der Waals surface area contributed by atoms with E-state index in [9.17, 15) is 4.79 Å². The van der Waals surface area contributed by atoms with Crippen LogP contribution in [-0.4, -0.2) is 76.6 Å². The van der Waals surface area contributed by atoms with Crippen LogP contribution in [0.2, 0.25) is 0 Å². The van der Waals surface area contributed by atoms with E-state index in [4.69, 9.17) is 10.3 Å². The van der Waals surface area contributed by atoms with E-state index in [1.807, 2.05) is 4.90 Å². The van der Waals surface area contributed by atoms with Gasteiger partial charge in [-0.3, -0.25) is 14.6 Å². The van der Waals surface area contributed by atoms with Crippen molar-refractivity contribution < 1.29 is 9.32 Å². The molecule has 2 aliphatic heterocycles. The summed E-state index contributed by atoms with van der Waals surface area (Å²) < 4.78 is 5.03. The monoisotopic (exact) mass is 336 g/mol. The molecule has 8 heteroatoms. The molecule has 1 aromatic rings. The highest BCUT2D eigenvalue weighted by Gasteiger charge is 2.23. The minimum atomic E-state index is 0.277. The maximum absolute atomic E-state index is 12.5. The minimum Gasteiger partial charge on any atom is -0.342 e. The summed E-state index contributed by atoms with van der Waals surface area (Å²) in [6, 6.07) is 0. The molecule has 3 heterocycles. The molecule has 24 heavy (non-hydrogen) atoms. The first kappa shape index (κ1) is 17.3. The molecular formula is C16H28N6O2. The Morgan fingerprint density at radius 1 is 1.00 bits per heavy atom. The zero-order chi connectivity index (χ0) is 16.8. The molecule has 2 N–H and O–H groups in total. The summed E-state index contributed by atoms with van der Waals surface area (Å²) in [4.78, 5) is 23.3. The molecule has 0 radical (unpaired) electrons. The minimum absolute atomic E-state index is 0.277. The maximum Gasteiger partial charge on any atom is 0.240 e. The highest BCUT2D eigenvalue weighted by atomic mass is 16.5. The van der Waals surface area contributed by atoms with E-state index in [2.05, 4.69) is 19.9 Å². The van der Waals surface area contributed by atoms with Crippen molar-refractivity contribution in [1.82, 2.24) is 24.8 Å². The smallest absolute Gasteiger partial charge is 0.240 e. The van der Waals surface area contributed by atoms with Gasteiger partial charge in [-0.25, -0.2) is 0 Å². The van der Waals surface area contributed by atoms with Crippen LogP contribution in [0.15, 0.2) is 4.52 Å². The van der Waals surface area contributed by atoms with Crippen LogP contribution in [0.3, 0.4) is 0 Å². The number of hydrogen-bond donors (Lipinski definition) is 1. The van der Waals surface area contributed by atoms with E-state index in [0.717, 1.165) is 52.1 Å². The maximum atomic E-state index is 12.5. The Bertz CT molecular complexity index is 518. The molecule has 2 fully saturated rings. The first-order valence-electron chi connectivity index (χ1n) is 8.98. The average molecular weight is 336 g/mol. The summed E-state index contributed by atoms with van der Waals surface area (Å²) in [6.45, 7) is 7.01. The number of carbonyl (C=O) groups excluding carboxylic acids is 1. The number of piperazine rings is 1. The Hall–Kier alpha value is -1.51. The predicted molar refractivity (Wildman–Crippen MR) is 89.0 cm³/mol.